The maximum absolute atomic E-state index is 12.1. The van der Waals surface area contributed by atoms with Crippen LogP contribution in [0.1, 0.15) is 10.4 Å². The van der Waals surface area contributed by atoms with Crippen LogP contribution in [0, 0.1) is 0 Å². The van der Waals surface area contributed by atoms with E-state index in [-0.39, 0.29) is 5.56 Å². The first-order chi connectivity index (χ1) is 13.1. The highest BCUT2D eigenvalue weighted by Gasteiger charge is 2.17. The van der Waals surface area contributed by atoms with Crippen molar-refractivity contribution in [2.45, 2.75) is 0 Å². The average molecular weight is 350 g/mol. The zero-order chi connectivity index (χ0) is 18.5. The van der Waals surface area contributed by atoms with Crippen LogP contribution in [0.15, 0.2) is 78.9 Å². The van der Waals surface area contributed by atoms with Crippen LogP contribution in [0.2, 0.25) is 0 Å². The summed E-state index contributed by atoms with van der Waals surface area (Å²) in [7, 11) is 0. The van der Waals surface area contributed by atoms with Gasteiger partial charge in [0.1, 0.15) is 0 Å². The van der Waals surface area contributed by atoms with Gasteiger partial charge in [0, 0.05) is 5.56 Å². The molecule has 0 aliphatic carbocycles. The number of benzene rings is 5. The van der Waals surface area contributed by atoms with Gasteiger partial charge in [-0.25, -0.2) is 4.79 Å². The van der Waals surface area contributed by atoms with Crippen molar-refractivity contribution in [3.05, 3.63) is 84.4 Å². The van der Waals surface area contributed by atoms with Crippen molar-refractivity contribution in [1.29, 1.82) is 0 Å². The number of Topliss-reactive ketones (excluding diaryl/α,β-unsaturated/α-hetero) is 1. The van der Waals surface area contributed by atoms with Crippen LogP contribution in [-0.2, 0) is 4.79 Å². The first-order valence-electron chi connectivity index (χ1n) is 8.67. The van der Waals surface area contributed by atoms with Crippen LogP contribution in [0.25, 0.3) is 43.1 Å². The Morgan fingerprint density at radius 2 is 1.04 bits per heavy atom. The van der Waals surface area contributed by atoms with Gasteiger partial charge in [-0.1, -0.05) is 42.5 Å². The minimum atomic E-state index is -1.44. The fourth-order valence-corrected chi connectivity index (χ4v) is 3.78. The molecule has 0 amide bonds. The predicted octanol–water partition coefficient (Wildman–Crippen LogP) is 5.57. The number of aliphatic carboxylic acids is 1. The SMILES string of the molecule is O=C(O)C(=O)c1cccc2cc3cc4cc5ccccc5cc4cc3cc12. The van der Waals surface area contributed by atoms with Gasteiger partial charge in [0.2, 0.25) is 0 Å². The summed E-state index contributed by atoms with van der Waals surface area (Å²) in [5, 5.41) is 17.3. The van der Waals surface area contributed by atoms with Crippen molar-refractivity contribution in [1.82, 2.24) is 0 Å². The van der Waals surface area contributed by atoms with E-state index in [1.165, 1.54) is 10.8 Å². The fourth-order valence-electron chi connectivity index (χ4n) is 3.78. The molecule has 1 N–H and O–H groups in total. The molecule has 0 bridgehead atoms. The second-order valence-corrected chi connectivity index (χ2v) is 6.76. The Labute approximate surface area is 154 Å². The van der Waals surface area contributed by atoms with E-state index < -0.39 is 11.8 Å². The van der Waals surface area contributed by atoms with E-state index in [4.69, 9.17) is 5.11 Å². The van der Waals surface area contributed by atoms with Gasteiger partial charge in [0.15, 0.2) is 0 Å². The Kier molecular flexibility index (Phi) is 3.25. The molecule has 0 spiro atoms. The standard InChI is InChI=1S/C24H14O3/c25-23(24(26)27)21-7-3-6-16-10-19-11-17-8-14-4-1-2-5-15(14)9-18(17)12-20(19)13-22(16)21/h1-13H,(H,26,27). The van der Waals surface area contributed by atoms with E-state index in [0.29, 0.717) is 5.39 Å². The quantitative estimate of drug-likeness (QED) is 0.257. The van der Waals surface area contributed by atoms with Crippen LogP contribution < -0.4 is 0 Å². The Morgan fingerprint density at radius 1 is 0.556 bits per heavy atom. The second kappa shape index (κ2) is 5.64. The first-order valence-corrected chi connectivity index (χ1v) is 8.67. The van der Waals surface area contributed by atoms with Gasteiger partial charge in [-0.15, -0.1) is 0 Å². The molecule has 0 unspecified atom stereocenters. The molecule has 0 heterocycles. The third-order valence-electron chi connectivity index (χ3n) is 5.10. The van der Waals surface area contributed by atoms with E-state index in [1.54, 1.807) is 12.1 Å². The van der Waals surface area contributed by atoms with Gasteiger partial charge in [-0.05, 0) is 79.5 Å². The minimum absolute atomic E-state index is 0.223. The van der Waals surface area contributed by atoms with Gasteiger partial charge < -0.3 is 5.11 Å². The number of hydrogen-bond donors (Lipinski definition) is 1. The molecule has 0 saturated heterocycles. The topological polar surface area (TPSA) is 54.4 Å². The Morgan fingerprint density at radius 3 is 1.63 bits per heavy atom. The molecule has 3 nitrogen and oxygen atoms in total. The van der Waals surface area contributed by atoms with Crippen LogP contribution in [0.3, 0.4) is 0 Å². The van der Waals surface area contributed by atoms with Crippen LogP contribution in [-0.4, -0.2) is 16.9 Å². The second-order valence-electron chi connectivity index (χ2n) is 6.76. The number of carbonyl (C=O) groups is 2. The van der Waals surface area contributed by atoms with E-state index in [9.17, 15) is 9.59 Å². The normalized spacial score (nSPS) is 11.4. The number of carboxylic acid groups (broad SMARTS) is 1. The number of hydrogen-bond acceptors (Lipinski definition) is 2. The molecular weight excluding hydrogens is 336 g/mol. The lowest BCUT2D eigenvalue weighted by molar-refractivity contribution is -0.131. The summed E-state index contributed by atoms with van der Waals surface area (Å²) in [6.07, 6.45) is 0. The highest BCUT2D eigenvalue weighted by molar-refractivity contribution is 6.42. The lowest BCUT2D eigenvalue weighted by Crippen LogP contribution is -2.12. The van der Waals surface area contributed by atoms with Crippen molar-refractivity contribution in [3.8, 4) is 0 Å². The lowest BCUT2D eigenvalue weighted by atomic mass is 9.95. The number of ketones is 1. The molecule has 5 rings (SSSR count). The average Bonchev–Trinajstić information content (AvgIpc) is 2.68. The molecule has 0 radical (unpaired) electrons. The number of carbonyl (C=O) groups excluding carboxylic acids is 1. The van der Waals surface area contributed by atoms with Gasteiger partial charge >= 0.3 is 5.97 Å². The maximum atomic E-state index is 12.1. The molecular formula is C24H14O3. The van der Waals surface area contributed by atoms with E-state index in [0.717, 1.165) is 26.9 Å². The molecule has 0 aromatic heterocycles. The Hall–Kier alpha value is -3.72. The van der Waals surface area contributed by atoms with Gasteiger partial charge in [0.05, 0.1) is 0 Å². The summed E-state index contributed by atoms with van der Waals surface area (Å²) in [5.74, 6) is -2.32. The van der Waals surface area contributed by atoms with Gasteiger partial charge in [0.25, 0.3) is 5.78 Å². The van der Waals surface area contributed by atoms with Crippen LogP contribution in [0.5, 0.6) is 0 Å². The third kappa shape index (κ3) is 2.44. The van der Waals surface area contributed by atoms with Gasteiger partial charge in [-0.3, -0.25) is 4.79 Å². The molecule has 0 fully saturated rings. The first kappa shape index (κ1) is 15.5. The van der Waals surface area contributed by atoms with Crippen molar-refractivity contribution in [2.24, 2.45) is 0 Å². The lowest BCUT2D eigenvalue weighted by Gasteiger charge is -2.09. The van der Waals surface area contributed by atoms with Crippen molar-refractivity contribution >= 4 is 54.8 Å². The summed E-state index contributed by atoms with van der Waals surface area (Å²) < 4.78 is 0. The predicted molar refractivity (Wildman–Crippen MR) is 108 cm³/mol. The summed E-state index contributed by atoms with van der Waals surface area (Å²) in [6.45, 7) is 0. The monoisotopic (exact) mass is 350 g/mol. The summed E-state index contributed by atoms with van der Waals surface area (Å²) in [6, 6.07) is 25.9. The van der Waals surface area contributed by atoms with Crippen molar-refractivity contribution in [2.75, 3.05) is 0 Å². The smallest absolute Gasteiger partial charge is 0.377 e. The molecule has 0 aliphatic heterocycles. The summed E-state index contributed by atoms with van der Waals surface area (Å²) in [4.78, 5) is 23.2. The largest absolute Gasteiger partial charge is 0.475 e. The molecule has 27 heavy (non-hydrogen) atoms. The number of rotatable bonds is 2. The summed E-state index contributed by atoms with van der Waals surface area (Å²) in [5.41, 5.74) is 0.223. The molecule has 3 heteroatoms. The van der Waals surface area contributed by atoms with E-state index in [1.807, 2.05) is 30.3 Å². The van der Waals surface area contributed by atoms with Gasteiger partial charge in [-0.2, -0.15) is 0 Å². The molecule has 5 aromatic carbocycles. The van der Waals surface area contributed by atoms with Crippen molar-refractivity contribution in [3.63, 3.8) is 0 Å². The molecule has 0 atom stereocenters. The minimum Gasteiger partial charge on any atom is -0.475 e. The van der Waals surface area contributed by atoms with E-state index in [2.05, 4.69) is 36.4 Å². The van der Waals surface area contributed by atoms with Crippen molar-refractivity contribution < 1.29 is 14.7 Å². The molecule has 0 saturated carbocycles. The number of fused-ring (bicyclic) bond motifs is 4. The highest BCUT2D eigenvalue weighted by atomic mass is 16.4. The summed E-state index contributed by atoms with van der Waals surface area (Å²) >= 11 is 0. The molecule has 128 valence electrons. The Bertz CT molecular complexity index is 1410. The maximum Gasteiger partial charge on any atom is 0.377 e. The molecule has 0 aliphatic rings. The zero-order valence-corrected chi connectivity index (χ0v) is 14.3. The Balaban J connectivity index is 1.85. The zero-order valence-electron chi connectivity index (χ0n) is 14.3. The third-order valence-corrected chi connectivity index (χ3v) is 5.10. The van der Waals surface area contributed by atoms with Crippen LogP contribution in [0.4, 0.5) is 0 Å². The molecule has 5 aromatic rings. The fraction of sp³-hybridized carbons (Fsp3) is 0. The number of carboxylic acids is 1. The van der Waals surface area contributed by atoms with Crippen LogP contribution >= 0.6 is 0 Å². The van der Waals surface area contributed by atoms with E-state index >= 15 is 0 Å². The highest BCUT2D eigenvalue weighted by Crippen LogP contribution is 2.31.